The molecule has 23 heavy (non-hydrogen) atoms. The second-order valence-corrected chi connectivity index (χ2v) is 6.22. The topological polar surface area (TPSA) is 64.1 Å². The van der Waals surface area contributed by atoms with Crippen molar-refractivity contribution in [3.8, 4) is 5.88 Å². The standard InChI is InChI=1S/C17H17N3O2S/c1-4-22-16-12(6-5-7-18-16)15(21)20-17-19-14-11(3)8-10(2)9-13(14)23-17/h5-9H,4H2,1-3H3,(H,19,20,21). The quantitative estimate of drug-likeness (QED) is 0.788. The summed E-state index contributed by atoms with van der Waals surface area (Å²) in [5, 5.41) is 3.42. The molecule has 5 nitrogen and oxygen atoms in total. The van der Waals surface area contributed by atoms with Gasteiger partial charge in [0, 0.05) is 6.20 Å². The number of aromatic nitrogens is 2. The van der Waals surface area contributed by atoms with Gasteiger partial charge in [0.25, 0.3) is 5.91 Å². The minimum Gasteiger partial charge on any atom is -0.477 e. The Balaban J connectivity index is 1.90. The van der Waals surface area contributed by atoms with Crippen molar-refractivity contribution in [2.75, 3.05) is 11.9 Å². The molecule has 1 amide bonds. The van der Waals surface area contributed by atoms with Gasteiger partial charge in [0.05, 0.1) is 16.8 Å². The zero-order chi connectivity index (χ0) is 16.4. The summed E-state index contributed by atoms with van der Waals surface area (Å²) < 4.78 is 6.46. The lowest BCUT2D eigenvalue weighted by atomic mass is 10.1. The van der Waals surface area contributed by atoms with Crippen LogP contribution in [0.15, 0.2) is 30.5 Å². The fraction of sp³-hybridized carbons (Fsp3) is 0.235. The molecule has 1 N–H and O–H groups in total. The summed E-state index contributed by atoms with van der Waals surface area (Å²) >= 11 is 1.46. The molecule has 2 aromatic heterocycles. The molecule has 0 atom stereocenters. The van der Waals surface area contributed by atoms with Crippen molar-refractivity contribution in [3.63, 3.8) is 0 Å². The molecule has 0 aliphatic heterocycles. The average Bonchev–Trinajstić information content (AvgIpc) is 2.90. The smallest absolute Gasteiger partial charge is 0.262 e. The molecule has 0 saturated carbocycles. The molecule has 0 saturated heterocycles. The van der Waals surface area contributed by atoms with E-state index in [1.807, 2.05) is 13.8 Å². The van der Waals surface area contributed by atoms with Gasteiger partial charge in [-0.1, -0.05) is 17.4 Å². The zero-order valence-corrected chi connectivity index (χ0v) is 14.0. The molecule has 0 spiro atoms. The molecule has 0 unspecified atom stereocenters. The van der Waals surface area contributed by atoms with Crippen LogP contribution >= 0.6 is 11.3 Å². The number of ether oxygens (including phenoxy) is 1. The average molecular weight is 327 g/mol. The third-order valence-corrected chi connectivity index (χ3v) is 4.26. The van der Waals surface area contributed by atoms with Crippen molar-refractivity contribution in [1.82, 2.24) is 9.97 Å². The second kappa shape index (κ2) is 6.34. The van der Waals surface area contributed by atoms with E-state index >= 15 is 0 Å². The highest BCUT2D eigenvalue weighted by molar-refractivity contribution is 7.22. The van der Waals surface area contributed by atoms with Gasteiger partial charge in [0.2, 0.25) is 5.88 Å². The van der Waals surface area contributed by atoms with Gasteiger partial charge in [-0.05, 0) is 50.1 Å². The predicted octanol–water partition coefficient (Wildman–Crippen LogP) is 3.96. The van der Waals surface area contributed by atoms with E-state index in [0.717, 1.165) is 15.8 Å². The first kappa shape index (κ1) is 15.4. The highest BCUT2D eigenvalue weighted by atomic mass is 32.1. The van der Waals surface area contributed by atoms with Gasteiger partial charge in [-0.3, -0.25) is 10.1 Å². The van der Waals surface area contributed by atoms with Gasteiger partial charge in [-0.2, -0.15) is 0 Å². The number of aryl methyl sites for hydroxylation is 2. The van der Waals surface area contributed by atoms with Crippen LogP contribution in [0.4, 0.5) is 5.13 Å². The van der Waals surface area contributed by atoms with E-state index in [1.54, 1.807) is 18.3 Å². The molecule has 2 heterocycles. The number of rotatable bonds is 4. The number of fused-ring (bicyclic) bond motifs is 1. The number of carbonyl (C=O) groups excluding carboxylic acids is 1. The van der Waals surface area contributed by atoms with Gasteiger partial charge >= 0.3 is 0 Å². The molecule has 0 bridgehead atoms. The summed E-state index contributed by atoms with van der Waals surface area (Å²) in [4.78, 5) is 21.1. The third-order valence-electron chi connectivity index (χ3n) is 3.35. The fourth-order valence-electron chi connectivity index (χ4n) is 2.40. The number of thiazole rings is 1. The Labute approximate surface area is 138 Å². The van der Waals surface area contributed by atoms with Crippen molar-refractivity contribution >= 4 is 32.6 Å². The van der Waals surface area contributed by atoms with E-state index in [-0.39, 0.29) is 5.91 Å². The van der Waals surface area contributed by atoms with Crippen molar-refractivity contribution in [1.29, 1.82) is 0 Å². The number of carbonyl (C=O) groups is 1. The van der Waals surface area contributed by atoms with Crippen LogP contribution in [-0.4, -0.2) is 22.5 Å². The van der Waals surface area contributed by atoms with E-state index in [9.17, 15) is 4.79 Å². The lowest BCUT2D eigenvalue weighted by Gasteiger charge is -2.07. The number of hydrogen-bond donors (Lipinski definition) is 1. The lowest BCUT2D eigenvalue weighted by Crippen LogP contribution is -2.14. The summed E-state index contributed by atoms with van der Waals surface area (Å²) in [6, 6.07) is 7.56. The Morgan fingerprint density at radius 3 is 2.96 bits per heavy atom. The molecule has 6 heteroatoms. The Morgan fingerprint density at radius 1 is 1.35 bits per heavy atom. The van der Waals surface area contributed by atoms with E-state index in [2.05, 4.69) is 34.3 Å². The molecule has 0 aliphatic carbocycles. The SMILES string of the molecule is CCOc1ncccc1C(=O)Nc1nc2c(C)cc(C)cc2s1. The molecule has 3 rings (SSSR count). The molecule has 1 aromatic carbocycles. The van der Waals surface area contributed by atoms with Crippen LogP contribution in [0.5, 0.6) is 5.88 Å². The fourth-order valence-corrected chi connectivity index (χ4v) is 3.44. The Kier molecular flexibility index (Phi) is 4.25. The number of pyridine rings is 1. The van der Waals surface area contributed by atoms with Crippen molar-refractivity contribution in [2.24, 2.45) is 0 Å². The normalized spacial score (nSPS) is 10.7. The molecule has 118 valence electrons. The van der Waals surface area contributed by atoms with E-state index in [1.165, 1.54) is 16.9 Å². The number of nitrogens with zero attached hydrogens (tertiary/aromatic N) is 2. The largest absolute Gasteiger partial charge is 0.477 e. The number of nitrogens with one attached hydrogen (secondary N) is 1. The number of hydrogen-bond acceptors (Lipinski definition) is 5. The summed E-state index contributed by atoms with van der Waals surface area (Å²) in [6.07, 6.45) is 1.60. The van der Waals surface area contributed by atoms with Gasteiger partial charge < -0.3 is 4.74 Å². The number of anilines is 1. The lowest BCUT2D eigenvalue weighted by molar-refractivity contribution is 0.102. The highest BCUT2D eigenvalue weighted by Crippen LogP contribution is 2.30. The molecule has 3 aromatic rings. The van der Waals surface area contributed by atoms with Crippen LogP contribution in [0.1, 0.15) is 28.4 Å². The van der Waals surface area contributed by atoms with E-state index in [4.69, 9.17) is 4.74 Å². The maximum absolute atomic E-state index is 12.5. The number of amides is 1. The number of benzene rings is 1. The van der Waals surface area contributed by atoms with E-state index < -0.39 is 0 Å². The molecular weight excluding hydrogens is 310 g/mol. The van der Waals surface area contributed by atoms with Gasteiger partial charge in [-0.15, -0.1) is 0 Å². The van der Waals surface area contributed by atoms with Crippen LogP contribution in [0.3, 0.4) is 0 Å². The Hall–Kier alpha value is -2.47. The monoisotopic (exact) mass is 327 g/mol. The Bertz CT molecular complexity index is 873. The van der Waals surface area contributed by atoms with Gasteiger partial charge in [-0.25, -0.2) is 9.97 Å². The van der Waals surface area contributed by atoms with Gasteiger partial charge in [0.1, 0.15) is 5.56 Å². The van der Waals surface area contributed by atoms with E-state index in [0.29, 0.717) is 23.2 Å². The van der Waals surface area contributed by atoms with Crippen molar-refractivity contribution < 1.29 is 9.53 Å². The summed E-state index contributed by atoms with van der Waals surface area (Å²) in [7, 11) is 0. The van der Waals surface area contributed by atoms with Crippen LogP contribution in [0.2, 0.25) is 0 Å². The van der Waals surface area contributed by atoms with Crippen LogP contribution < -0.4 is 10.1 Å². The first-order valence-corrected chi connectivity index (χ1v) is 8.17. The van der Waals surface area contributed by atoms with Crippen LogP contribution in [0, 0.1) is 13.8 Å². The third kappa shape index (κ3) is 3.17. The summed E-state index contributed by atoms with van der Waals surface area (Å²) in [5.41, 5.74) is 3.61. The first-order chi connectivity index (χ1) is 11.1. The molecule has 0 fully saturated rings. The van der Waals surface area contributed by atoms with Crippen molar-refractivity contribution in [3.05, 3.63) is 47.2 Å². The molecule has 0 aliphatic rings. The van der Waals surface area contributed by atoms with Crippen LogP contribution in [0.25, 0.3) is 10.2 Å². The highest BCUT2D eigenvalue weighted by Gasteiger charge is 2.16. The van der Waals surface area contributed by atoms with Crippen LogP contribution in [-0.2, 0) is 0 Å². The van der Waals surface area contributed by atoms with Gasteiger partial charge in [0.15, 0.2) is 5.13 Å². The predicted molar refractivity (Wildman–Crippen MR) is 92.5 cm³/mol. The maximum Gasteiger partial charge on any atom is 0.262 e. The minimum atomic E-state index is -0.269. The Morgan fingerprint density at radius 2 is 2.17 bits per heavy atom. The molecular formula is C17H17N3O2S. The second-order valence-electron chi connectivity index (χ2n) is 5.19. The summed E-state index contributed by atoms with van der Waals surface area (Å²) in [5.74, 6) is 0.0654. The minimum absolute atomic E-state index is 0.269. The zero-order valence-electron chi connectivity index (χ0n) is 13.2. The maximum atomic E-state index is 12.5. The van der Waals surface area contributed by atoms with Crippen molar-refractivity contribution in [2.45, 2.75) is 20.8 Å². The molecule has 0 radical (unpaired) electrons. The summed E-state index contributed by atoms with van der Waals surface area (Å²) in [6.45, 7) is 6.38. The first-order valence-electron chi connectivity index (χ1n) is 7.35.